The summed E-state index contributed by atoms with van der Waals surface area (Å²) in [5, 5.41) is 6.60. The van der Waals surface area contributed by atoms with Gasteiger partial charge in [-0.15, -0.1) is 0 Å². The van der Waals surface area contributed by atoms with Crippen LogP contribution in [0.1, 0.15) is 51.1 Å². The number of nitrogens with one attached hydrogen (secondary N) is 2. The number of benzene rings is 1. The third-order valence-electron chi connectivity index (χ3n) is 4.18. The second-order valence-electron chi connectivity index (χ2n) is 6.56. The Labute approximate surface area is 128 Å². The number of carbonyl (C=O) groups excluding carboxylic acids is 1. The van der Waals surface area contributed by atoms with Gasteiger partial charge < -0.3 is 10.6 Å². The molecule has 1 aliphatic rings. The van der Waals surface area contributed by atoms with E-state index in [1.54, 1.807) is 0 Å². The molecule has 116 valence electrons. The molecule has 3 nitrogen and oxygen atoms in total. The molecule has 1 aliphatic heterocycles. The Morgan fingerprint density at radius 1 is 1.24 bits per heavy atom. The Morgan fingerprint density at radius 2 is 1.90 bits per heavy atom. The Balaban J connectivity index is 1.92. The molecule has 1 aromatic carbocycles. The average Bonchev–Trinajstić information content (AvgIpc) is 2.48. The van der Waals surface area contributed by atoms with Gasteiger partial charge in [0.15, 0.2) is 0 Å². The number of carbonyl (C=O) groups is 1. The SMILES string of the molecule is CC(C)CC(NC(=O)CC1CCNCC1)c1ccccc1. The molecule has 1 heterocycles. The molecule has 1 fully saturated rings. The van der Waals surface area contributed by atoms with E-state index in [1.165, 1.54) is 5.56 Å². The van der Waals surface area contributed by atoms with Crippen molar-refractivity contribution in [3.8, 4) is 0 Å². The first-order valence-corrected chi connectivity index (χ1v) is 8.20. The van der Waals surface area contributed by atoms with E-state index in [0.717, 1.165) is 32.4 Å². The van der Waals surface area contributed by atoms with Crippen LogP contribution in [-0.4, -0.2) is 19.0 Å². The van der Waals surface area contributed by atoms with E-state index in [9.17, 15) is 4.79 Å². The molecule has 1 amide bonds. The quantitative estimate of drug-likeness (QED) is 0.843. The van der Waals surface area contributed by atoms with Crippen LogP contribution in [0.2, 0.25) is 0 Å². The minimum Gasteiger partial charge on any atom is -0.349 e. The number of hydrogen-bond acceptors (Lipinski definition) is 2. The molecule has 1 unspecified atom stereocenters. The second-order valence-corrected chi connectivity index (χ2v) is 6.56. The summed E-state index contributed by atoms with van der Waals surface area (Å²) in [4.78, 5) is 12.3. The zero-order valence-electron chi connectivity index (χ0n) is 13.3. The molecule has 0 aliphatic carbocycles. The van der Waals surface area contributed by atoms with Crippen molar-refractivity contribution in [2.45, 2.75) is 45.6 Å². The number of piperidine rings is 1. The van der Waals surface area contributed by atoms with Crippen molar-refractivity contribution in [2.75, 3.05) is 13.1 Å². The molecule has 3 heteroatoms. The van der Waals surface area contributed by atoms with Gasteiger partial charge in [0.1, 0.15) is 0 Å². The van der Waals surface area contributed by atoms with Gasteiger partial charge in [-0.2, -0.15) is 0 Å². The summed E-state index contributed by atoms with van der Waals surface area (Å²) >= 11 is 0. The second kappa shape index (κ2) is 8.18. The number of hydrogen-bond donors (Lipinski definition) is 2. The van der Waals surface area contributed by atoms with Crippen LogP contribution < -0.4 is 10.6 Å². The van der Waals surface area contributed by atoms with Gasteiger partial charge in [0.05, 0.1) is 6.04 Å². The third-order valence-corrected chi connectivity index (χ3v) is 4.18. The Morgan fingerprint density at radius 3 is 2.52 bits per heavy atom. The molecule has 1 atom stereocenters. The zero-order valence-corrected chi connectivity index (χ0v) is 13.3. The minimum absolute atomic E-state index is 0.139. The minimum atomic E-state index is 0.139. The smallest absolute Gasteiger partial charge is 0.220 e. The normalized spacial score (nSPS) is 17.7. The lowest BCUT2D eigenvalue weighted by molar-refractivity contribution is -0.123. The first-order chi connectivity index (χ1) is 10.1. The summed E-state index contributed by atoms with van der Waals surface area (Å²) in [5.41, 5.74) is 1.21. The fraction of sp³-hybridized carbons (Fsp3) is 0.611. The van der Waals surface area contributed by atoms with E-state index >= 15 is 0 Å². The maximum Gasteiger partial charge on any atom is 0.220 e. The van der Waals surface area contributed by atoms with Crippen molar-refractivity contribution in [1.29, 1.82) is 0 Å². The molecule has 2 rings (SSSR count). The molecule has 1 saturated heterocycles. The third kappa shape index (κ3) is 5.50. The molecular formula is C18H28N2O. The molecule has 1 aromatic rings. The van der Waals surface area contributed by atoms with Crippen LogP contribution in [0, 0.1) is 11.8 Å². The van der Waals surface area contributed by atoms with Gasteiger partial charge in [-0.25, -0.2) is 0 Å². The molecule has 0 saturated carbocycles. The lowest BCUT2D eigenvalue weighted by Crippen LogP contribution is -2.34. The van der Waals surface area contributed by atoms with Gasteiger partial charge >= 0.3 is 0 Å². The van der Waals surface area contributed by atoms with E-state index in [2.05, 4.69) is 36.6 Å². The van der Waals surface area contributed by atoms with Crippen LogP contribution in [0.4, 0.5) is 0 Å². The highest BCUT2D eigenvalue weighted by atomic mass is 16.1. The predicted octanol–water partition coefficient (Wildman–Crippen LogP) is 3.28. The first-order valence-electron chi connectivity index (χ1n) is 8.20. The molecule has 21 heavy (non-hydrogen) atoms. The Bertz CT molecular complexity index is 424. The summed E-state index contributed by atoms with van der Waals surface area (Å²) in [6, 6.07) is 10.5. The summed E-state index contributed by atoms with van der Waals surface area (Å²) in [7, 11) is 0. The van der Waals surface area contributed by atoms with Gasteiger partial charge in [0, 0.05) is 6.42 Å². The van der Waals surface area contributed by atoms with Crippen LogP contribution in [0.5, 0.6) is 0 Å². The molecule has 2 N–H and O–H groups in total. The number of rotatable bonds is 6. The lowest BCUT2D eigenvalue weighted by atomic mass is 9.93. The van der Waals surface area contributed by atoms with Crippen molar-refractivity contribution in [1.82, 2.24) is 10.6 Å². The average molecular weight is 288 g/mol. The van der Waals surface area contributed by atoms with E-state index in [-0.39, 0.29) is 11.9 Å². The maximum atomic E-state index is 12.3. The highest BCUT2D eigenvalue weighted by Gasteiger charge is 2.20. The molecule has 0 radical (unpaired) electrons. The van der Waals surface area contributed by atoms with Crippen LogP contribution in [0.25, 0.3) is 0 Å². The highest BCUT2D eigenvalue weighted by Crippen LogP contribution is 2.22. The summed E-state index contributed by atoms with van der Waals surface area (Å²) in [6.45, 7) is 6.50. The highest BCUT2D eigenvalue weighted by molar-refractivity contribution is 5.76. The predicted molar refractivity (Wildman–Crippen MR) is 87.0 cm³/mol. The number of amides is 1. The maximum absolute atomic E-state index is 12.3. The van der Waals surface area contributed by atoms with Gasteiger partial charge in [0.25, 0.3) is 0 Å². The molecule has 0 aromatic heterocycles. The van der Waals surface area contributed by atoms with Crippen molar-refractivity contribution >= 4 is 5.91 Å². The van der Waals surface area contributed by atoms with Crippen molar-refractivity contribution < 1.29 is 4.79 Å². The van der Waals surface area contributed by atoms with E-state index < -0.39 is 0 Å². The summed E-state index contributed by atoms with van der Waals surface area (Å²) in [6.07, 6.45) is 3.90. The van der Waals surface area contributed by atoms with Crippen molar-refractivity contribution in [3.63, 3.8) is 0 Å². The van der Waals surface area contributed by atoms with Crippen LogP contribution in [0.3, 0.4) is 0 Å². The van der Waals surface area contributed by atoms with Gasteiger partial charge in [-0.3, -0.25) is 4.79 Å². The summed E-state index contributed by atoms with van der Waals surface area (Å²) < 4.78 is 0. The zero-order chi connectivity index (χ0) is 15.1. The topological polar surface area (TPSA) is 41.1 Å². The van der Waals surface area contributed by atoms with Crippen LogP contribution >= 0.6 is 0 Å². The van der Waals surface area contributed by atoms with Crippen LogP contribution in [-0.2, 0) is 4.79 Å². The first kappa shape index (κ1) is 16.0. The molecule has 0 bridgehead atoms. The van der Waals surface area contributed by atoms with Gasteiger partial charge in [-0.1, -0.05) is 44.2 Å². The Hall–Kier alpha value is -1.35. The van der Waals surface area contributed by atoms with Gasteiger partial charge in [0.2, 0.25) is 5.91 Å². The fourth-order valence-corrected chi connectivity index (χ4v) is 3.04. The standard InChI is InChI=1S/C18H28N2O/c1-14(2)12-17(16-6-4-3-5-7-16)20-18(21)13-15-8-10-19-11-9-15/h3-7,14-15,17,19H,8-13H2,1-2H3,(H,20,21). The molecule has 0 spiro atoms. The van der Waals surface area contributed by atoms with Crippen LogP contribution in [0.15, 0.2) is 30.3 Å². The van der Waals surface area contributed by atoms with Crippen molar-refractivity contribution in [3.05, 3.63) is 35.9 Å². The van der Waals surface area contributed by atoms with Gasteiger partial charge in [-0.05, 0) is 49.8 Å². The van der Waals surface area contributed by atoms with E-state index in [1.807, 2.05) is 18.2 Å². The van der Waals surface area contributed by atoms with E-state index in [0.29, 0.717) is 18.3 Å². The van der Waals surface area contributed by atoms with Crippen molar-refractivity contribution in [2.24, 2.45) is 11.8 Å². The summed E-state index contributed by atoms with van der Waals surface area (Å²) in [5.74, 6) is 1.31. The fourth-order valence-electron chi connectivity index (χ4n) is 3.04. The largest absolute Gasteiger partial charge is 0.349 e. The monoisotopic (exact) mass is 288 g/mol. The van der Waals surface area contributed by atoms with E-state index in [4.69, 9.17) is 0 Å². The lowest BCUT2D eigenvalue weighted by Gasteiger charge is -2.25. The molecular weight excluding hydrogens is 260 g/mol. The Kier molecular flexibility index (Phi) is 6.24.